The van der Waals surface area contributed by atoms with Gasteiger partial charge in [-0.2, -0.15) is 0 Å². The fourth-order valence-electron chi connectivity index (χ4n) is 2.09. The van der Waals surface area contributed by atoms with Crippen molar-refractivity contribution in [3.05, 3.63) is 28.8 Å². The summed E-state index contributed by atoms with van der Waals surface area (Å²) in [7, 11) is 1.65. The molecule has 1 atom stereocenters. The fourth-order valence-corrected chi connectivity index (χ4v) is 2.09. The van der Waals surface area contributed by atoms with Crippen LogP contribution in [0.15, 0.2) is 12.1 Å². The maximum atomic E-state index is 10.8. The minimum Gasteiger partial charge on any atom is -0.496 e. The molecule has 0 aliphatic heterocycles. The van der Waals surface area contributed by atoms with Gasteiger partial charge in [-0.3, -0.25) is 0 Å². The second-order valence-electron chi connectivity index (χ2n) is 5.98. The molecule has 0 amide bonds. The Hall–Kier alpha value is -1.02. The van der Waals surface area contributed by atoms with Gasteiger partial charge in [0.05, 0.1) is 12.7 Å². The Balaban J connectivity index is 3.50. The molecule has 0 aromatic heterocycles. The van der Waals surface area contributed by atoms with E-state index in [0.717, 1.165) is 22.4 Å². The third kappa shape index (κ3) is 2.47. The molecule has 0 saturated heterocycles. The molecule has 2 nitrogen and oxygen atoms in total. The molecule has 1 aromatic carbocycles. The lowest BCUT2D eigenvalue weighted by molar-refractivity contribution is -0.0490. The molecular weight excluding hydrogens is 212 g/mol. The van der Waals surface area contributed by atoms with E-state index in [-0.39, 0.29) is 5.41 Å². The number of ether oxygens (including phenoxy) is 1. The van der Waals surface area contributed by atoms with Crippen LogP contribution in [-0.2, 0) is 5.60 Å². The van der Waals surface area contributed by atoms with E-state index in [1.54, 1.807) is 7.11 Å². The number of aliphatic hydroxyl groups is 1. The number of hydrogen-bond acceptors (Lipinski definition) is 2. The van der Waals surface area contributed by atoms with Crippen LogP contribution >= 0.6 is 0 Å². The highest BCUT2D eigenvalue weighted by Gasteiger charge is 2.40. The minimum absolute atomic E-state index is 0.250. The van der Waals surface area contributed by atoms with E-state index in [9.17, 15) is 5.11 Å². The van der Waals surface area contributed by atoms with Crippen molar-refractivity contribution in [2.75, 3.05) is 7.11 Å². The predicted molar refractivity (Wildman–Crippen MR) is 71.5 cm³/mol. The number of benzene rings is 1. The van der Waals surface area contributed by atoms with Gasteiger partial charge >= 0.3 is 0 Å². The lowest BCUT2D eigenvalue weighted by Crippen LogP contribution is -2.38. The number of rotatable bonds is 2. The van der Waals surface area contributed by atoms with Crippen LogP contribution < -0.4 is 4.74 Å². The Labute approximate surface area is 105 Å². The molecule has 1 N–H and O–H groups in total. The Morgan fingerprint density at radius 1 is 1.06 bits per heavy atom. The third-order valence-corrected chi connectivity index (χ3v) is 3.61. The summed E-state index contributed by atoms with van der Waals surface area (Å²) in [5, 5.41) is 10.8. The molecule has 0 aliphatic rings. The molecule has 0 aliphatic carbocycles. The molecule has 1 unspecified atom stereocenters. The van der Waals surface area contributed by atoms with E-state index >= 15 is 0 Å². The normalized spacial score (nSPS) is 15.5. The molecular formula is C15H24O2. The largest absolute Gasteiger partial charge is 0.496 e. The summed E-state index contributed by atoms with van der Waals surface area (Å²) in [6.07, 6.45) is 0. The maximum absolute atomic E-state index is 10.8. The zero-order chi connectivity index (χ0) is 13.4. The molecule has 0 spiro atoms. The Kier molecular flexibility index (Phi) is 3.58. The number of hydrogen-bond donors (Lipinski definition) is 1. The summed E-state index contributed by atoms with van der Waals surface area (Å²) < 4.78 is 5.43. The summed E-state index contributed by atoms with van der Waals surface area (Å²) in [5.74, 6) is 0.766. The summed E-state index contributed by atoms with van der Waals surface area (Å²) in [6, 6.07) is 4.06. The Morgan fingerprint density at radius 2 is 1.59 bits per heavy atom. The predicted octanol–water partition coefficient (Wildman–Crippen LogP) is 3.57. The standard InChI is InChI=1S/C15H24O2/c1-10-8-11(2)13(12(9-10)17-7)15(6,16)14(3,4)5/h8-9,16H,1-7H3. The van der Waals surface area contributed by atoms with Gasteiger partial charge in [0.25, 0.3) is 0 Å². The van der Waals surface area contributed by atoms with Crippen molar-refractivity contribution in [1.82, 2.24) is 0 Å². The summed E-state index contributed by atoms with van der Waals surface area (Å²) >= 11 is 0. The van der Waals surface area contributed by atoms with Crippen molar-refractivity contribution in [2.45, 2.75) is 47.1 Å². The molecule has 0 saturated carbocycles. The van der Waals surface area contributed by atoms with Crippen LogP contribution in [-0.4, -0.2) is 12.2 Å². The molecule has 17 heavy (non-hydrogen) atoms. The quantitative estimate of drug-likeness (QED) is 0.850. The van der Waals surface area contributed by atoms with Crippen LogP contribution in [0.25, 0.3) is 0 Å². The van der Waals surface area contributed by atoms with Crippen LogP contribution in [0.4, 0.5) is 0 Å². The summed E-state index contributed by atoms with van der Waals surface area (Å²) in [4.78, 5) is 0. The van der Waals surface area contributed by atoms with Crippen LogP contribution in [0.5, 0.6) is 5.75 Å². The molecule has 0 fully saturated rings. The van der Waals surface area contributed by atoms with Crippen LogP contribution in [0.1, 0.15) is 44.4 Å². The van der Waals surface area contributed by atoms with E-state index in [2.05, 4.69) is 6.07 Å². The van der Waals surface area contributed by atoms with Gasteiger partial charge in [-0.05, 0) is 43.4 Å². The van der Waals surface area contributed by atoms with Crippen molar-refractivity contribution >= 4 is 0 Å². The zero-order valence-corrected chi connectivity index (χ0v) is 12.0. The number of aryl methyl sites for hydroxylation is 2. The van der Waals surface area contributed by atoms with Crippen LogP contribution in [0.3, 0.4) is 0 Å². The van der Waals surface area contributed by atoms with Gasteiger partial charge in [0.2, 0.25) is 0 Å². The average Bonchev–Trinajstić information content (AvgIpc) is 2.13. The first kappa shape index (κ1) is 14.0. The van der Waals surface area contributed by atoms with Crippen molar-refractivity contribution in [3.63, 3.8) is 0 Å². The molecule has 0 heterocycles. The topological polar surface area (TPSA) is 29.5 Å². The highest BCUT2D eigenvalue weighted by molar-refractivity contribution is 5.47. The van der Waals surface area contributed by atoms with Gasteiger partial charge in [0.15, 0.2) is 0 Å². The molecule has 1 aromatic rings. The lowest BCUT2D eigenvalue weighted by Gasteiger charge is -2.39. The van der Waals surface area contributed by atoms with Gasteiger partial charge in [0.1, 0.15) is 5.75 Å². The molecule has 2 heteroatoms. The smallest absolute Gasteiger partial charge is 0.125 e. The number of methoxy groups -OCH3 is 1. The molecule has 1 rings (SSSR count). The molecule has 96 valence electrons. The summed E-state index contributed by atoms with van der Waals surface area (Å²) in [6.45, 7) is 12.0. The highest BCUT2D eigenvalue weighted by atomic mass is 16.5. The van der Waals surface area contributed by atoms with Gasteiger partial charge in [-0.1, -0.05) is 26.8 Å². The molecule has 0 bridgehead atoms. The lowest BCUT2D eigenvalue weighted by atomic mass is 9.72. The second-order valence-corrected chi connectivity index (χ2v) is 5.98. The van der Waals surface area contributed by atoms with Crippen molar-refractivity contribution in [2.24, 2.45) is 5.41 Å². The van der Waals surface area contributed by atoms with E-state index in [0.29, 0.717) is 0 Å². The summed E-state index contributed by atoms with van der Waals surface area (Å²) in [5.41, 5.74) is 1.93. The monoisotopic (exact) mass is 236 g/mol. The first-order valence-corrected chi connectivity index (χ1v) is 5.99. The first-order chi connectivity index (χ1) is 7.61. The van der Waals surface area contributed by atoms with Crippen LogP contribution in [0.2, 0.25) is 0 Å². The van der Waals surface area contributed by atoms with Gasteiger partial charge in [0, 0.05) is 5.56 Å². The maximum Gasteiger partial charge on any atom is 0.125 e. The van der Waals surface area contributed by atoms with E-state index in [1.807, 2.05) is 47.6 Å². The van der Waals surface area contributed by atoms with Crippen LogP contribution in [0, 0.1) is 19.3 Å². The van der Waals surface area contributed by atoms with E-state index in [1.165, 1.54) is 0 Å². The SMILES string of the molecule is COc1cc(C)cc(C)c1C(C)(O)C(C)(C)C. The second kappa shape index (κ2) is 4.34. The Morgan fingerprint density at radius 3 is 2.00 bits per heavy atom. The van der Waals surface area contributed by atoms with Crippen molar-refractivity contribution in [1.29, 1.82) is 0 Å². The van der Waals surface area contributed by atoms with E-state index in [4.69, 9.17) is 4.74 Å². The van der Waals surface area contributed by atoms with Crippen molar-refractivity contribution < 1.29 is 9.84 Å². The molecule has 0 radical (unpaired) electrons. The first-order valence-electron chi connectivity index (χ1n) is 5.99. The van der Waals surface area contributed by atoms with Gasteiger partial charge in [-0.15, -0.1) is 0 Å². The minimum atomic E-state index is -0.921. The average molecular weight is 236 g/mol. The van der Waals surface area contributed by atoms with Gasteiger partial charge < -0.3 is 9.84 Å². The Bertz CT molecular complexity index is 412. The van der Waals surface area contributed by atoms with Gasteiger partial charge in [-0.25, -0.2) is 0 Å². The fraction of sp³-hybridized carbons (Fsp3) is 0.600. The zero-order valence-electron chi connectivity index (χ0n) is 12.0. The third-order valence-electron chi connectivity index (χ3n) is 3.61. The van der Waals surface area contributed by atoms with E-state index < -0.39 is 5.60 Å². The highest BCUT2D eigenvalue weighted by Crippen LogP contribution is 2.44. The van der Waals surface area contributed by atoms with Crippen molar-refractivity contribution in [3.8, 4) is 5.75 Å².